The number of alkyl carbamates (subject to hydrolysis) is 1. The molecule has 1 saturated carbocycles. The summed E-state index contributed by atoms with van der Waals surface area (Å²) in [4.78, 5) is 33.1. The Kier molecular flexibility index (Phi) is 8.95. The SMILES string of the molecule is CC(C)(C)OC(=O)N[C@H]1CCCCC1(F)c1sc2c(N(Cc3cccs3)C(=O)OC(C)(C)C)cc(Cl)nc2c1Cl. The van der Waals surface area contributed by atoms with Gasteiger partial charge in [0.05, 0.1) is 32.9 Å². The maximum atomic E-state index is 17.1. The van der Waals surface area contributed by atoms with E-state index in [0.29, 0.717) is 28.7 Å². The van der Waals surface area contributed by atoms with E-state index in [1.54, 1.807) is 47.6 Å². The molecule has 40 heavy (non-hydrogen) atoms. The average molecular weight is 631 g/mol. The fourth-order valence-electron chi connectivity index (χ4n) is 4.63. The maximum absolute atomic E-state index is 17.1. The van der Waals surface area contributed by atoms with Crippen LogP contribution in [0.15, 0.2) is 23.6 Å². The van der Waals surface area contributed by atoms with E-state index in [4.69, 9.17) is 32.7 Å². The number of fused-ring (bicyclic) bond motifs is 1. The summed E-state index contributed by atoms with van der Waals surface area (Å²) in [5.41, 5.74) is -2.72. The van der Waals surface area contributed by atoms with Gasteiger partial charge in [-0.2, -0.15) is 0 Å². The first kappa shape index (κ1) is 30.8. The minimum atomic E-state index is -1.97. The molecule has 0 radical (unpaired) electrons. The first-order chi connectivity index (χ1) is 18.6. The van der Waals surface area contributed by atoms with E-state index in [1.165, 1.54) is 16.2 Å². The molecule has 3 heterocycles. The van der Waals surface area contributed by atoms with Crippen molar-refractivity contribution < 1.29 is 23.5 Å². The second-order valence-electron chi connectivity index (χ2n) is 11.8. The Morgan fingerprint density at radius 3 is 2.50 bits per heavy atom. The number of hydrogen-bond acceptors (Lipinski definition) is 7. The highest BCUT2D eigenvalue weighted by molar-refractivity contribution is 7.20. The molecule has 0 saturated heterocycles. The van der Waals surface area contributed by atoms with Gasteiger partial charge in [0.2, 0.25) is 0 Å². The molecule has 3 aromatic rings. The number of alkyl halides is 1. The Bertz CT molecular complexity index is 1380. The molecule has 0 spiro atoms. The van der Waals surface area contributed by atoms with Crippen molar-refractivity contribution in [3.8, 4) is 0 Å². The van der Waals surface area contributed by atoms with Crippen LogP contribution in [0.1, 0.15) is 77.0 Å². The number of amides is 2. The fraction of sp³-hybridized carbons (Fsp3) is 0.536. The normalized spacial score (nSPS) is 19.9. The average Bonchev–Trinajstić information content (AvgIpc) is 3.44. The van der Waals surface area contributed by atoms with Crippen LogP contribution in [0.25, 0.3) is 10.2 Å². The summed E-state index contributed by atoms with van der Waals surface area (Å²) in [6.45, 7) is 10.8. The third kappa shape index (κ3) is 7.01. The van der Waals surface area contributed by atoms with Crippen molar-refractivity contribution in [2.24, 2.45) is 0 Å². The van der Waals surface area contributed by atoms with Gasteiger partial charge in [0.25, 0.3) is 0 Å². The lowest BCUT2D eigenvalue weighted by atomic mass is 9.80. The molecule has 0 bridgehead atoms. The lowest BCUT2D eigenvalue weighted by molar-refractivity contribution is 0.0263. The number of pyridine rings is 1. The van der Waals surface area contributed by atoms with Crippen LogP contribution in [0.4, 0.5) is 19.7 Å². The van der Waals surface area contributed by atoms with Gasteiger partial charge in [-0.15, -0.1) is 22.7 Å². The van der Waals surface area contributed by atoms with Gasteiger partial charge in [0.1, 0.15) is 21.9 Å². The summed E-state index contributed by atoms with van der Waals surface area (Å²) in [5, 5.41) is 4.88. The van der Waals surface area contributed by atoms with Gasteiger partial charge in [-0.3, -0.25) is 4.90 Å². The number of thiophene rings is 2. The molecule has 0 aromatic carbocycles. The topological polar surface area (TPSA) is 80.8 Å². The van der Waals surface area contributed by atoms with Gasteiger partial charge in [0, 0.05) is 10.9 Å². The van der Waals surface area contributed by atoms with Crippen molar-refractivity contribution in [1.82, 2.24) is 10.3 Å². The Morgan fingerprint density at radius 1 is 1.18 bits per heavy atom. The van der Waals surface area contributed by atoms with Crippen molar-refractivity contribution in [3.05, 3.63) is 43.5 Å². The quantitative estimate of drug-likeness (QED) is 0.284. The predicted molar refractivity (Wildman–Crippen MR) is 161 cm³/mol. The zero-order chi connectivity index (χ0) is 29.5. The van der Waals surface area contributed by atoms with Crippen LogP contribution in [0.3, 0.4) is 0 Å². The molecular formula is C28H34Cl2FN3O4S2. The summed E-state index contributed by atoms with van der Waals surface area (Å²) in [7, 11) is 0. The minimum absolute atomic E-state index is 0.105. The molecule has 1 aliphatic rings. The number of carbonyl (C=O) groups is 2. The Labute approximate surface area is 252 Å². The van der Waals surface area contributed by atoms with Gasteiger partial charge in [-0.05, 0) is 72.3 Å². The summed E-state index contributed by atoms with van der Waals surface area (Å²) in [5.74, 6) is 0. The highest BCUT2D eigenvalue weighted by Crippen LogP contribution is 2.51. The summed E-state index contributed by atoms with van der Waals surface area (Å²) in [6.07, 6.45) is 0.687. The van der Waals surface area contributed by atoms with E-state index in [-0.39, 0.29) is 28.0 Å². The number of aromatic nitrogens is 1. The number of nitrogens with zero attached hydrogens (tertiary/aromatic N) is 2. The molecule has 7 nitrogen and oxygen atoms in total. The molecule has 2 amide bonds. The third-order valence-electron chi connectivity index (χ3n) is 6.24. The number of carbonyl (C=O) groups excluding carboxylic acids is 2. The Morgan fingerprint density at radius 2 is 1.88 bits per heavy atom. The molecule has 0 aliphatic heterocycles. The molecule has 3 aromatic heterocycles. The molecule has 12 heteroatoms. The van der Waals surface area contributed by atoms with Gasteiger partial charge in [0.15, 0.2) is 5.67 Å². The van der Waals surface area contributed by atoms with Gasteiger partial charge < -0.3 is 14.8 Å². The third-order valence-corrected chi connectivity index (χ3v) is 9.13. The smallest absolute Gasteiger partial charge is 0.415 e. The van der Waals surface area contributed by atoms with Crippen molar-refractivity contribution >= 4 is 74.0 Å². The fourth-order valence-corrected chi connectivity index (χ4v) is 7.30. The van der Waals surface area contributed by atoms with E-state index >= 15 is 4.39 Å². The highest BCUT2D eigenvalue weighted by Gasteiger charge is 2.47. The van der Waals surface area contributed by atoms with Crippen LogP contribution in [-0.4, -0.2) is 34.4 Å². The lowest BCUT2D eigenvalue weighted by Gasteiger charge is -2.38. The molecular weight excluding hydrogens is 596 g/mol. The van der Waals surface area contributed by atoms with Gasteiger partial charge in [-0.25, -0.2) is 19.0 Å². The maximum Gasteiger partial charge on any atom is 0.415 e. The van der Waals surface area contributed by atoms with Crippen molar-refractivity contribution in [2.75, 3.05) is 4.90 Å². The first-order valence-electron chi connectivity index (χ1n) is 13.1. The van der Waals surface area contributed by atoms with Crippen molar-refractivity contribution in [3.63, 3.8) is 0 Å². The number of anilines is 1. The standard InChI is InChI=1S/C28H34Cl2FN3O4S2/c1-26(2,3)37-24(35)32-18-11-7-8-12-28(18,31)23-20(30)21-22(40-23)17(14-19(29)33-21)34(15-16-10-9-13-39-16)25(36)38-27(4,5)6/h9-10,13-14,18H,7-8,11-12,15H2,1-6H3,(H,32,35)/t18-,28?/m0/s1. The predicted octanol–water partition coefficient (Wildman–Crippen LogP) is 9.24. The Hall–Kier alpha value is -2.14. The number of nitrogens with one attached hydrogen (secondary N) is 1. The number of hydrogen-bond donors (Lipinski definition) is 1. The Balaban J connectivity index is 1.81. The van der Waals surface area contributed by atoms with E-state index < -0.39 is 35.1 Å². The molecule has 1 unspecified atom stereocenters. The summed E-state index contributed by atoms with van der Waals surface area (Å²) >= 11 is 15.9. The second kappa shape index (κ2) is 11.6. The number of halogens is 3. The van der Waals surface area contributed by atoms with Crippen LogP contribution in [0.2, 0.25) is 10.2 Å². The van der Waals surface area contributed by atoms with Gasteiger partial charge >= 0.3 is 12.2 Å². The lowest BCUT2D eigenvalue weighted by Crippen LogP contribution is -2.51. The van der Waals surface area contributed by atoms with Crippen LogP contribution >= 0.6 is 45.9 Å². The monoisotopic (exact) mass is 629 g/mol. The molecule has 1 fully saturated rings. The summed E-state index contributed by atoms with van der Waals surface area (Å²) < 4.78 is 28.7. The second-order valence-corrected chi connectivity index (χ2v) is 14.7. The van der Waals surface area contributed by atoms with Gasteiger partial charge in [-0.1, -0.05) is 35.7 Å². The van der Waals surface area contributed by atoms with E-state index in [1.807, 2.05) is 17.5 Å². The largest absolute Gasteiger partial charge is 0.444 e. The van der Waals surface area contributed by atoms with E-state index in [0.717, 1.165) is 22.6 Å². The van der Waals surface area contributed by atoms with Crippen molar-refractivity contribution in [1.29, 1.82) is 0 Å². The summed E-state index contributed by atoms with van der Waals surface area (Å²) in [6, 6.07) is 4.53. The van der Waals surface area contributed by atoms with Crippen LogP contribution < -0.4 is 10.2 Å². The zero-order valence-corrected chi connectivity index (χ0v) is 26.5. The van der Waals surface area contributed by atoms with E-state index in [2.05, 4.69) is 10.3 Å². The molecule has 1 N–H and O–H groups in total. The molecule has 1 aliphatic carbocycles. The van der Waals surface area contributed by atoms with E-state index in [9.17, 15) is 9.59 Å². The van der Waals surface area contributed by atoms with Crippen LogP contribution in [0.5, 0.6) is 0 Å². The molecule has 2 atom stereocenters. The number of ether oxygens (including phenoxy) is 2. The molecule has 4 rings (SSSR count). The molecule has 218 valence electrons. The van der Waals surface area contributed by atoms with Crippen LogP contribution in [0, 0.1) is 0 Å². The van der Waals surface area contributed by atoms with Crippen molar-refractivity contribution in [2.45, 2.75) is 96.7 Å². The number of rotatable bonds is 5. The highest BCUT2D eigenvalue weighted by atomic mass is 35.5. The zero-order valence-electron chi connectivity index (χ0n) is 23.4. The van der Waals surface area contributed by atoms with Crippen LogP contribution in [-0.2, 0) is 21.7 Å². The first-order valence-corrected chi connectivity index (χ1v) is 15.5. The minimum Gasteiger partial charge on any atom is -0.444 e.